The van der Waals surface area contributed by atoms with E-state index in [2.05, 4.69) is 83.9 Å². The fourth-order valence-corrected chi connectivity index (χ4v) is 6.04. The molecular formula is C31H26N2O. The van der Waals surface area contributed by atoms with Gasteiger partial charge in [-0.3, -0.25) is 4.42 Å². The van der Waals surface area contributed by atoms with Crippen molar-refractivity contribution in [2.24, 2.45) is 5.92 Å². The van der Waals surface area contributed by atoms with Gasteiger partial charge in [-0.2, -0.15) is 0 Å². The van der Waals surface area contributed by atoms with Crippen molar-refractivity contribution in [3.63, 3.8) is 0 Å². The van der Waals surface area contributed by atoms with Crippen molar-refractivity contribution in [1.82, 2.24) is 4.98 Å². The Hall–Kier alpha value is -3.85. The Labute approximate surface area is 199 Å². The number of nitrogens with zero attached hydrogens (tertiary/aromatic N) is 2. The summed E-state index contributed by atoms with van der Waals surface area (Å²) in [4.78, 5) is 4.48. The number of allylic oxidation sites excluding steroid dienone is 1. The Kier molecular flexibility index (Phi) is 4.22. The van der Waals surface area contributed by atoms with Crippen LogP contribution in [0.4, 0.5) is 5.69 Å². The number of furan rings is 1. The number of hydrogen-bond acceptors (Lipinski definition) is 1. The second-order valence-electron chi connectivity index (χ2n) is 9.72. The predicted molar refractivity (Wildman–Crippen MR) is 140 cm³/mol. The van der Waals surface area contributed by atoms with Crippen LogP contribution < -0.4 is 0 Å². The minimum absolute atomic E-state index is 0.575. The van der Waals surface area contributed by atoms with Crippen molar-refractivity contribution in [2.75, 3.05) is 0 Å². The van der Waals surface area contributed by atoms with Gasteiger partial charge >= 0.3 is 5.71 Å². The van der Waals surface area contributed by atoms with Gasteiger partial charge in [-0.15, -0.1) is 12.1 Å². The summed E-state index contributed by atoms with van der Waals surface area (Å²) in [6, 6.07) is 22.8. The molecule has 1 aliphatic carbocycles. The summed E-state index contributed by atoms with van der Waals surface area (Å²) in [6.45, 7) is 6.70. The molecule has 0 saturated heterocycles. The van der Waals surface area contributed by atoms with Crippen LogP contribution in [0.2, 0.25) is 0 Å². The number of rotatable bonds is 2. The van der Waals surface area contributed by atoms with Crippen LogP contribution in [0.15, 0.2) is 77.4 Å². The average molecular weight is 443 g/mol. The van der Waals surface area contributed by atoms with E-state index in [4.69, 9.17) is 4.42 Å². The smallest absolute Gasteiger partial charge is 0.268 e. The van der Waals surface area contributed by atoms with Crippen molar-refractivity contribution in [2.45, 2.75) is 32.6 Å². The quantitative estimate of drug-likeness (QED) is 0.158. The third-order valence-electron chi connectivity index (χ3n) is 7.63. The maximum Gasteiger partial charge on any atom is 0.377 e. The Morgan fingerprint density at radius 2 is 1.85 bits per heavy atom. The molecule has 0 spiro atoms. The monoisotopic (exact) mass is 442 g/mol. The van der Waals surface area contributed by atoms with Gasteiger partial charge < -0.3 is 0 Å². The minimum Gasteiger partial charge on any atom is -0.268 e. The standard InChI is InChI=1S/C31H26N2O/c1-19-16-25-23-12-7-15-32-31(23)34-30(25)26(17-19)28-18-24(20-8-3-4-9-20)29-22-11-6-5-10-21(22)13-14-27(29)33(28)2/h5-7,10-18,20H,2-4,8-9H2,1H3. The van der Waals surface area contributed by atoms with E-state index in [0.29, 0.717) is 11.6 Å². The van der Waals surface area contributed by atoms with Crippen LogP contribution in [0, 0.1) is 18.9 Å². The average Bonchev–Trinajstić information content (AvgIpc) is 3.52. The normalized spacial score (nSPS) is 16.6. The molecule has 1 saturated carbocycles. The van der Waals surface area contributed by atoms with E-state index in [9.17, 15) is 0 Å². The molecule has 3 heterocycles. The molecule has 0 unspecified atom stereocenters. The maximum atomic E-state index is 6.34. The second-order valence-corrected chi connectivity index (χ2v) is 9.72. The van der Waals surface area contributed by atoms with E-state index in [1.807, 2.05) is 6.07 Å². The minimum atomic E-state index is 0.575. The topological polar surface area (TPSA) is 27.2 Å². The van der Waals surface area contributed by atoms with Crippen LogP contribution >= 0.6 is 0 Å². The molecule has 7 rings (SSSR count). The molecule has 3 nitrogen and oxygen atoms in total. The molecule has 0 bridgehead atoms. The lowest BCUT2D eigenvalue weighted by Crippen LogP contribution is -2.20. The number of benzene rings is 3. The number of hydrogen-bond donors (Lipinski definition) is 0. The lowest BCUT2D eigenvalue weighted by molar-refractivity contribution is -0.400. The van der Waals surface area contributed by atoms with Crippen LogP contribution in [-0.2, 0) is 0 Å². The molecule has 0 amide bonds. The van der Waals surface area contributed by atoms with Crippen molar-refractivity contribution >= 4 is 50.8 Å². The molecule has 5 aromatic rings. The predicted octanol–water partition coefficient (Wildman–Crippen LogP) is 7.95. The SMILES string of the molecule is C=[N+]1c2ccc3ccccc3c2C(C2CCCC2)=C[C-]1c1cc(C)cc2c1[o+][c-]1ncccc21. The number of fused-ring (bicyclic) bond motifs is 6. The van der Waals surface area contributed by atoms with Crippen molar-refractivity contribution in [1.29, 1.82) is 0 Å². The molecule has 3 aromatic carbocycles. The highest BCUT2D eigenvalue weighted by Gasteiger charge is 2.34. The van der Waals surface area contributed by atoms with Crippen molar-refractivity contribution in [3.05, 3.63) is 95.7 Å². The van der Waals surface area contributed by atoms with Crippen LogP contribution in [-0.4, -0.2) is 16.3 Å². The molecule has 0 atom stereocenters. The molecular weight excluding hydrogens is 416 g/mol. The molecule has 0 radical (unpaired) electrons. The fraction of sp³-hybridized carbons (Fsp3) is 0.194. The van der Waals surface area contributed by atoms with Crippen molar-refractivity contribution in [3.8, 4) is 0 Å². The van der Waals surface area contributed by atoms with E-state index < -0.39 is 0 Å². The van der Waals surface area contributed by atoms with E-state index in [-0.39, 0.29) is 0 Å². The summed E-state index contributed by atoms with van der Waals surface area (Å²) in [5.74, 6) is 0.575. The first-order valence-electron chi connectivity index (χ1n) is 12.2. The van der Waals surface area contributed by atoms with Gasteiger partial charge in [-0.25, -0.2) is 9.56 Å². The number of pyridine rings is 1. The molecule has 34 heavy (non-hydrogen) atoms. The van der Waals surface area contributed by atoms with Crippen LogP contribution in [0.25, 0.3) is 38.4 Å². The second kappa shape index (κ2) is 7.33. The number of aryl methyl sites for hydroxylation is 1. The summed E-state index contributed by atoms with van der Waals surface area (Å²) >= 11 is 0. The highest BCUT2D eigenvalue weighted by Crippen LogP contribution is 2.49. The van der Waals surface area contributed by atoms with Gasteiger partial charge in [0.1, 0.15) is 0 Å². The molecule has 1 aliphatic heterocycles. The van der Waals surface area contributed by atoms with Gasteiger partial charge in [-0.05, 0) is 47.3 Å². The van der Waals surface area contributed by atoms with E-state index in [0.717, 1.165) is 28.0 Å². The zero-order valence-electron chi connectivity index (χ0n) is 19.3. The number of aromatic nitrogens is 1. The lowest BCUT2D eigenvalue weighted by atomic mass is 9.82. The maximum absolute atomic E-state index is 6.34. The van der Waals surface area contributed by atoms with Gasteiger partial charge in [0.25, 0.3) is 5.58 Å². The summed E-state index contributed by atoms with van der Waals surface area (Å²) in [5, 5.41) is 4.76. The summed E-state index contributed by atoms with van der Waals surface area (Å²) in [5.41, 5.74) is 7.81. The van der Waals surface area contributed by atoms with Gasteiger partial charge in [0.2, 0.25) is 0 Å². The van der Waals surface area contributed by atoms with E-state index >= 15 is 0 Å². The first kappa shape index (κ1) is 19.6. The molecule has 2 aromatic heterocycles. The van der Waals surface area contributed by atoms with Gasteiger partial charge in [0.05, 0.1) is 12.3 Å². The van der Waals surface area contributed by atoms with E-state index in [1.165, 1.54) is 58.8 Å². The summed E-state index contributed by atoms with van der Waals surface area (Å²) < 4.78 is 8.45. The van der Waals surface area contributed by atoms with E-state index in [1.54, 1.807) is 6.20 Å². The Balaban J connectivity index is 1.51. The summed E-state index contributed by atoms with van der Waals surface area (Å²) in [6.07, 6.45) is 9.28. The van der Waals surface area contributed by atoms with Crippen LogP contribution in [0.3, 0.4) is 0 Å². The molecule has 1 fully saturated rings. The third kappa shape index (κ3) is 2.80. The first-order valence-corrected chi connectivity index (χ1v) is 12.2. The Bertz CT molecular complexity index is 1650. The molecule has 3 heteroatoms. The highest BCUT2D eigenvalue weighted by atomic mass is 16.3. The largest absolute Gasteiger partial charge is 0.377 e. The highest BCUT2D eigenvalue weighted by molar-refractivity contribution is 6.06. The zero-order valence-corrected chi connectivity index (χ0v) is 19.3. The summed E-state index contributed by atoms with van der Waals surface area (Å²) in [7, 11) is 0. The van der Waals surface area contributed by atoms with Gasteiger partial charge in [0.15, 0.2) is 11.7 Å². The third-order valence-corrected chi connectivity index (χ3v) is 7.63. The first-order chi connectivity index (χ1) is 16.7. The Morgan fingerprint density at radius 3 is 2.74 bits per heavy atom. The molecule has 166 valence electrons. The lowest BCUT2D eigenvalue weighted by Gasteiger charge is -2.30. The zero-order chi connectivity index (χ0) is 22.8. The van der Waals surface area contributed by atoms with Gasteiger partial charge in [0, 0.05) is 10.9 Å². The Morgan fingerprint density at radius 1 is 1.00 bits per heavy atom. The van der Waals surface area contributed by atoms with Gasteiger partial charge in [-0.1, -0.05) is 79.3 Å². The van der Waals surface area contributed by atoms with Crippen molar-refractivity contribution < 1.29 is 8.99 Å². The molecule has 2 aliphatic rings. The van der Waals surface area contributed by atoms with Crippen LogP contribution in [0.5, 0.6) is 0 Å². The molecule has 0 N–H and O–H groups in total. The van der Waals surface area contributed by atoms with Crippen LogP contribution in [0.1, 0.15) is 42.4 Å². The fourth-order valence-electron chi connectivity index (χ4n) is 6.04.